The van der Waals surface area contributed by atoms with Gasteiger partial charge in [0, 0.05) is 29.9 Å². The average molecular weight is 296 g/mol. The van der Waals surface area contributed by atoms with Crippen LogP contribution in [0.15, 0.2) is 36.7 Å². The average Bonchev–Trinajstić information content (AvgIpc) is 2.54. The summed E-state index contributed by atoms with van der Waals surface area (Å²) >= 11 is 0. The van der Waals surface area contributed by atoms with Crippen molar-refractivity contribution in [2.45, 2.75) is 32.2 Å². The number of nitrogens with two attached hydrogens (primary N) is 1. The van der Waals surface area contributed by atoms with Crippen molar-refractivity contribution in [1.82, 2.24) is 9.97 Å². The number of anilines is 1. The van der Waals surface area contributed by atoms with E-state index in [9.17, 15) is 4.79 Å². The summed E-state index contributed by atoms with van der Waals surface area (Å²) in [5, 5.41) is 3.00. The highest BCUT2D eigenvalue weighted by Gasteiger charge is 2.18. The molecule has 3 N–H and O–H groups in total. The molecule has 0 aromatic carbocycles. The third-order valence-electron chi connectivity index (χ3n) is 4.10. The molecule has 0 fully saturated rings. The van der Waals surface area contributed by atoms with E-state index in [2.05, 4.69) is 15.3 Å². The molecule has 0 saturated heterocycles. The zero-order valence-corrected chi connectivity index (χ0v) is 12.6. The highest BCUT2D eigenvalue weighted by atomic mass is 16.1. The summed E-state index contributed by atoms with van der Waals surface area (Å²) < 4.78 is 0. The van der Waals surface area contributed by atoms with Crippen LogP contribution >= 0.6 is 0 Å². The van der Waals surface area contributed by atoms with Gasteiger partial charge in [0.05, 0.1) is 17.1 Å². The summed E-state index contributed by atoms with van der Waals surface area (Å²) in [4.78, 5) is 21.1. The van der Waals surface area contributed by atoms with Crippen molar-refractivity contribution >= 4 is 11.6 Å². The fourth-order valence-electron chi connectivity index (χ4n) is 2.71. The van der Waals surface area contributed by atoms with E-state index >= 15 is 0 Å². The summed E-state index contributed by atoms with van der Waals surface area (Å²) in [6.45, 7) is 1.94. The van der Waals surface area contributed by atoms with Crippen LogP contribution in [0, 0.1) is 5.92 Å². The predicted octanol–water partition coefficient (Wildman–Crippen LogP) is 2.90. The Kier molecular flexibility index (Phi) is 4.15. The number of nitrogens with zero attached hydrogens (tertiary/aromatic N) is 2. The number of rotatable bonds is 0. The van der Waals surface area contributed by atoms with Gasteiger partial charge in [-0.3, -0.25) is 14.8 Å². The van der Waals surface area contributed by atoms with Gasteiger partial charge in [0.25, 0.3) is 0 Å². The number of carbonyl (C=O) groups is 1. The summed E-state index contributed by atoms with van der Waals surface area (Å²) in [6, 6.07) is 7.45. The zero-order valence-electron chi connectivity index (χ0n) is 12.6. The zero-order chi connectivity index (χ0) is 15.5. The van der Waals surface area contributed by atoms with Gasteiger partial charge >= 0.3 is 0 Å². The molecule has 2 bridgehead atoms. The molecule has 1 aliphatic rings. The molecule has 2 aromatic rings. The monoisotopic (exact) mass is 296 g/mol. The molecule has 5 nitrogen and oxygen atoms in total. The Labute approximate surface area is 130 Å². The predicted molar refractivity (Wildman–Crippen MR) is 86.0 cm³/mol. The second kappa shape index (κ2) is 6.23. The van der Waals surface area contributed by atoms with E-state index in [-0.39, 0.29) is 17.9 Å². The minimum absolute atomic E-state index is 0.0256. The van der Waals surface area contributed by atoms with E-state index < -0.39 is 0 Å². The quantitative estimate of drug-likeness (QED) is 0.783. The van der Waals surface area contributed by atoms with Crippen LogP contribution in [0.5, 0.6) is 0 Å². The van der Waals surface area contributed by atoms with Crippen molar-refractivity contribution in [2.75, 3.05) is 5.32 Å². The molecule has 5 heteroatoms. The molecule has 2 aromatic heterocycles. The minimum atomic E-state index is -0.109. The first kappa shape index (κ1) is 14.7. The Hall–Kier alpha value is -2.27. The number of hydrogen-bond donors (Lipinski definition) is 2. The molecule has 0 saturated carbocycles. The van der Waals surface area contributed by atoms with Crippen molar-refractivity contribution in [3.63, 3.8) is 0 Å². The maximum atomic E-state index is 12.3. The van der Waals surface area contributed by atoms with Crippen molar-refractivity contribution < 1.29 is 4.79 Å². The van der Waals surface area contributed by atoms with Gasteiger partial charge in [-0.1, -0.05) is 13.3 Å². The Balaban J connectivity index is 2.09. The summed E-state index contributed by atoms with van der Waals surface area (Å²) in [7, 11) is 0. The van der Waals surface area contributed by atoms with Gasteiger partial charge in [-0.05, 0) is 37.1 Å². The van der Waals surface area contributed by atoms with Crippen molar-refractivity contribution in [3.8, 4) is 11.3 Å². The van der Waals surface area contributed by atoms with Gasteiger partial charge in [-0.15, -0.1) is 0 Å². The highest BCUT2D eigenvalue weighted by Crippen LogP contribution is 2.29. The Bertz CT molecular complexity index is 686. The number of nitrogens with one attached hydrogen (secondary N) is 1. The largest absolute Gasteiger partial charge is 0.324 e. The lowest BCUT2D eigenvalue weighted by Crippen LogP contribution is -2.22. The fraction of sp³-hybridized carbons (Fsp3) is 0.353. The van der Waals surface area contributed by atoms with Crippen LogP contribution in [-0.4, -0.2) is 15.9 Å². The molecule has 2 atom stereocenters. The van der Waals surface area contributed by atoms with Crippen molar-refractivity contribution in [1.29, 1.82) is 0 Å². The van der Waals surface area contributed by atoms with E-state index in [1.54, 1.807) is 12.4 Å². The molecule has 0 radical (unpaired) electrons. The maximum Gasteiger partial charge on any atom is 0.227 e. The van der Waals surface area contributed by atoms with Gasteiger partial charge in [0.2, 0.25) is 5.91 Å². The van der Waals surface area contributed by atoms with E-state index in [1.807, 2.05) is 31.2 Å². The molecular weight excluding hydrogens is 276 g/mol. The van der Waals surface area contributed by atoms with Crippen LogP contribution in [0.4, 0.5) is 5.69 Å². The van der Waals surface area contributed by atoms with E-state index in [0.29, 0.717) is 0 Å². The summed E-state index contributed by atoms with van der Waals surface area (Å²) in [5.41, 5.74) is 9.50. The molecule has 0 spiro atoms. The molecule has 22 heavy (non-hydrogen) atoms. The summed E-state index contributed by atoms with van der Waals surface area (Å²) in [6.07, 6.45) is 6.01. The second-order valence-electron chi connectivity index (χ2n) is 5.80. The number of amides is 1. The topological polar surface area (TPSA) is 80.9 Å². The van der Waals surface area contributed by atoms with Crippen LogP contribution in [0.2, 0.25) is 0 Å². The van der Waals surface area contributed by atoms with Crippen LogP contribution in [0.25, 0.3) is 11.3 Å². The van der Waals surface area contributed by atoms with Gasteiger partial charge in [-0.2, -0.15) is 0 Å². The lowest BCUT2D eigenvalue weighted by molar-refractivity contribution is -0.119. The van der Waals surface area contributed by atoms with E-state index in [0.717, 1.165) is 41.9 Å². The van der Waals surface area contributed by atoms with Gasteiger partial charge in [0.1, 0.15) is 0 Å². The van der Waals surface area contributed by atoms with Crippen LogP contribution in [0.1, 0.15) is 37.9 Å². The number of carbonyl (C=O) groups excluding carboxylic acids is 1. The van der Waals surface area contributed by atoms with Gasteiger partial charge < -0.3 is 11.1 Å². The maximum absolute atomic E-state index is 12.3. The molecule has 1 amide bonds. The van der Waals surface area contributed by atoms with Crippen LogP contribution in [0.3, 0.4) is 0 Å². The Morgan fingerprint density at radius 2 is 2.09 bits per heavy atom. The molecule has 3 rings (SSSR count). The van der Waals surface area contributed by atoms with Crippen LogP contribution < -0.4 is 11.1 Å². The first-order valence-electron chi connectivity index (χ1n) is 7.63. The van der Waals surface area contributed by atoms with E-state index in [1.165, 1.54) is 0 Å². The third-order valence-corrected chi connectivity index (χ3v) is 4.10. The highest BCUT2D eigenvalue weighted by molar-refractivity contribution is 5.95. The molecule has 114 valence electrons. The standard InChI is InChI=1S/C17H20N4O/c1-11-4-2-5-13(18)15-10-12(7-9-19-15)16-14(21-17(11)22)6-3-8-20-16/h3,6-11,13H,2,4-5,18H2,1H3,(H,21,22). The lowest BCUT2D eigenvalue weighted by atomic mass is 9.97. The number of fused-ring (bicyclic) bond motifs is 4. The lowest BCUT2D eigenvalue weighted by Gasteiger charge is -2.18. The normalized spacial score (nSPS) is 22.0. The fourth-order valence-corrected chi connectivity index (χ4v) is 2.71. The molecule has 3 heterocycles. The first-order valence-corrected chi connectivity index (χ1v) is 7.63. The second-order valence-corrected chi connectivity index (χ2v) is 5.80. The molecule has 0 aliphatic carbocycles. The smallest absolute Gasteiger partial charge is 0.227 e. The number of hydrogen-bond acceptors (Lipinski definition) is 4. The first-order chi connectivity index (χ1) is 10.6. The Morgan fingerprint density at radius 1 is 1.23 bits per heavy atom. The summed E-state index contributed by atoms with van der Waals surface area (Å²) in [5.74, 6) is -0.0244. The van der Waals surface area contributed by atoms with Crippen molar-refractivity contribution in [3.05, 3.63) is 42.4 Å². The Morgan fingerprint density at radius 3 is 2.95 bits per heavy atom. The third kappa shape index (κ3) is 2.99. The van der Waals surface area contributed by atoms with Gasteiger partial charge in [0.15, 0.2) is 0 Å². The molecular formula is C17H20N4O. The minimum Gasteiger partial charge on any atom is -0.324 e. The molecule has 1 aliphatic heterocycles. The van der Waals surface area contributed by atoms with Gasteiger partial charge in [-0.25, -0.2) is 0 Å². The number of aromatic nitrogens is 2. The van der Waals surface area contributed by atoms with Crippen LogP contribution in [-0.2, 0) is 4.79 Å². The molecule has 2 unspecified atom stereocenters. The van der Waals surface area contributed by atoms with Crippen molar-refractivity contribution in [2.24, 2.45) is 11.7 Å². The SMILES string of the molecule is CC1CCCC(N)c2cc(ccn2)-c2ncccc2NC1=O. The van der Waals surface area contributed by atoms with E-state index in [4.69, 9.17) is 5.73 Å². The number of pyridine rings is 2.